The number of hydrogen-bond acceptors (Lipinski definition) is 3. The van der Waals surface area contributed by atoms with Crippen LogP contribution in [0.1, 0.15) is 13.3 Å². The van der Waals surface area contributed by atoms with Crippen LogP contribution in [0.2, 0.25) is 0 Å². The first kappa shape index (κ1) is 12.9. The highest BCUT2D eigenvalue weighted by atomic mass is 16.5. The fourth-order valence-corrected chi connectivity index (χ4v) is 3.13. The van der Waals surface area contributed by atoms with E-state index in [1.807, 2.05) is 19.1 Å². The number of methoxy groups -OCH3 is 1. The Morgan fingerprint density at radius 1 is 1.15 bits per heavy atom. The molecule has 1 aliphatic heterocycles. The maximum absolute atomic E-state index is 12.6. The molecule has 0 spiro atoms. The van der Waals surface area contributed by atoms with Gasteiger partial charge in [-0.15, -0.1) is 0 Å². The maximum atomic E-state index is 12.6. The number of carbonyl (C=O) groups excluding carboxylic acids is 2. The zero-order valence-corrected chi connectivity index (χ0v) is 11.6. The molecule has 1 saturated heterocycles. The molecule has 20 heavy (non-hydrogen) atoms. The van der Waals surface area contributed by atoms with Gasteiger partial charge in [0.15, 0.2) is 0 Å². The Labute approximate surface area is 118 Å². The van der Waals surface area contributed by atoms with E-state index < -0.39 is 0 Å². The zero-order chi connectivity index (χ0) is 14.3. The van der Waals surface area contributed by atoms with E-state index >= 15 is 0 Å². The first-order valence-corrected chi connectivity index (χ1v) is 6.82. The lowest BCUT2D eigenvalue weighted by molar-refractivity contribution is -0.122. The van der Waals surface area contributed by atoms with Gasteiger partial charge < -0.3 is 4.74 Å². The molecule has 0 saturated carbocycles. The summed E-state index contributed by atoms with van der Waals surface area (Å²) in [5, 5.41) is 0. The first-order chi connectivity index (χ1) is 9.63. The monoisotopic (exact) mass is 271 g/mol. The van der Waals surface area contributed by atoms with Crippen molar-refractivity contribution in [3.63, 3.8) is 0 Å². The lowest BCUT2D eigenvalue weighted by Gasteiger charge is -2.22. The second kappa shape index (κ2) is 4.78. The molecule has 3 atom stereocenters. The summed E-state index contributed by atoms with van der Waals surface area (Å²) in [5.41, 5.74) is 0.627. The molecule has 1 heterocycles. The predicted octanol–water partition coefficient (Wildman–Crippen LogP) is 2.40. The quantitative estimate of drug-likeness (QED) is 0.613. The van der Waals surface area contributed by atoms with Crippen LogP contribution in [0.3, 0.4) is 0 Å². The molecule has 0 bridgehead atoms. The van der Waals surface area contributed by atoms with E-state index in [4.69, 9.17) is 4.74 Å². The number of benzene rings is 1. The molecule has 1 fully saturated rings. The van der Waals surface area contributed by atoms with Gasteiger partial charge in [-0.3, -0.25) is 14.5 Å². The SMILES string of the molecule is COc1ccc(N2C(=O)[C@H]3[C@@H](C)C=CC[C@H]3C2=O)cc1. The second-order valence-corrected chi connectivity index (χ2v) is 5.37. The number of ether oxygens (including phenoxy) is 1. The number of fused-ring (bicyclic) bond motifs is 1. The summed E-state index contributed by atoms with van der Waals surface area (Å²) >= 11 is 0. The van der Waals surface area contributed by atoms with Gasteiger partial charge in [0.25, 0.3) is 0 Å². The molecule has 1 aromatic carbocycles. The Hall–Kier alpha value is -2.10. The van der Waals surface area contributed by atoms with Gasteiger partial charge in [0.2, 0.25) is 11.8 Å². The van der Waals surface area contributed by atoms with E-state index in [2.05, 4.69) is 0 Å². The molecule has 4 nitrogen and oxygen atoms in total. The Kier molecular flexibility index (Phi) is 3.08. The number of carbonyl (C=O) groups is 2. The topological polar surface area (TPSA) is 46.6 Å². The number of rotatable bonds is 2. The van der Waals surface area contributed by atoms with Gasteiger partial charge in [-0.1, -0.05) is 19.1 Å². The van der Waals surface area contributed by atoms with Crippen molar-refractivity contribution in [3.8, 4) is 5.75 Å². The molecule has 0 N–H and O–H groups in total. The third-order valence-corrected chi connectivity index (χ3v) is 4.20. The van der Waals surface area contributed by atoms with E-state index in [0.29, 0.717) is 17.9 Å². The van der Waals surface area contributed by atoms with E-state index in [1.54, 1.807) is 31.4 Å². The summed E-state index contributed by atoms with van der Waals surface area (Å²) in [6.45, 7) is 2.00. The van der Waals surface area contributed by atoms with Crippen molar-refractivity contribution in [2.45, 2.75) is 13.3 Å². The van der Waals surface area contributed by atoms with Crippen LogP contribution in [0.5, 0.6) is 5.75 Å². The van der Waals surface area contributed by atoms with Gasteiger partial charge in [0, 0.05) is 0 Å². The maximum Gasteiger partial charge on any atom is 0.238 e. The Balaban J connectivity index is 1.94. The molecule has 3 rings (SSSR count). The van der Waals surface area contributed by atoms with Crippen LogP contribution in [-0.2, 0) is 9.59 Å². The molecule has 2 amide bonds. The Bertz CT molecular complexity index is 576. The minimum atomic E-state index is -0.213. The van der Waals surface area contributed by atoms with Crippen LogP contribution in [0, 0.1) is 17.8 Å². The number of hydrogen-bond donors (Lipinski definition) is 0. The number of amides is 2. The van der Waals surface area contributed by atoms with Gasteiger partial charge in [0.05, 0.1) is 24.6 Å². The number of anilines is 1. The minimum absolute atomic E-state index is 0.0815. The Morgan fingerprint density at radius 2 is 1.85 bits per heavy atom. The van der Waals surface area contributed by atoms with Gasteiger partial charge in [-0.2, -0.15) is 0 Å². The summed E-state index contributed by atoms with van der Waals surface area (Å²) in [6.07, 6.45) is 4.70. The van der Waals surface area contributed by atoms with Crippen LogP contribution in [0.15, 0.2) is 36.4 Å². The van der Waals surface area contributed by atoms with E-state index in [1.165, 1.54) is 4.90 Å². The second-order valence-electron chi connectivity index (χ2n) is 5.37. The highest BCUT2D eigenvalue weighted by molar-refractivity contribution is 6.22. The highest BCUT2D eigenvalue weighted by Gasteiger charge is 2.50. The van der Waals surface area contributed by atoms with Gasteiger partial charge in [-0.25, -0.2) is 0 Å². The molecule has 2 aliphatic rings. The largest absolute Gasteiger partial charge is 0.497 e. The third kappa shape index (κ3) is 1.83. The van der Waals surface area contributed by atoms with Crippen molar-refractivity contribution in [2.75, 3.05) is 12.0 Å². The molecule has 104 valence electrons. The highest BCUT2D eigenvalue weighted by Crippen LogP contribution is 2.40. The average molecular weight is 271 g/mol. The molecule has 1 aromatic rings. The van der Waals surface area contributed by atoms with Gasteiger partial charge >= 0.3 is 0 Å². The normalized spacial score (nSPS) is 28.7. The van der Waals surface area contributed by atoms with Crippen LogP contribution < -0.4 is 9.64 Å². The smallest absolute Gasteiger partial charge is 0.238 e. The molecule has 0 radical (unpaired) electrons. The van der Waals surface area contributed by atoms with Crippen molar-refractivity contribution in [3.05, 3.63) is 36.4 Å². The average Bonchev–Trinajstić information content (AvgIpc) is 2.72. The minimum Gasteiger partial charge on any atom is -0.497 e. The van der Waals surface area contributed by atoms with Crippen LogP contribution in [-0.4, -0.2) is 18.9 Å². The predicted molar refractivity (Wildman–Crippen MR) is 75.4 cm³/mol. The fourth-order valence-electron chi connectivity index (χ4n) is 3.13. The Morgan fingerprint density at radius 3 is 2.45 bits per heavy atom. The van der Waals surface area contributed by atoms with Crippen molar-refractivity contribution in [1.82, 2.24) is 0 Å². The number of allylic oxidation sites excluding steroid dienone is 2. The summed E-state index contributed by atoms with van der Waals surface area (Å²) in [6, 6.07) is 7.03. The van der Waals surface area contributed by atoms with Crippen molar-refractivity contribution in [1.29, 1.82) is 0 Å². The van der Waals surface area contributed by atoms with Gasteiger partial charge in [-0.05, 0) is 36.6 Å². The van der Waals surface area contributed by atoms with E-state index in [0.717, 1.165) is 0 Å². The lowest BCUT2D eigenvalue weighted by atomic mass is 9.78. The van der Waals surface area contributed by atoms with E-state index in [9.17, 15) is 9.59 Å². The zero-order valence-electron chi connectivity index (χ0n) is 11.6. The summed E-state index contributed by atoms with van der Waals surface area (Å²) in [5.74, 6) is 0.247. The molecule has 1 aliphatic carbocycles. The lowest BCUT2D eigenvalue weighted by Crippen LogP contribution is -2.31. The summed E-state index contributed by atoms with van der Waals surface area (Å²) in [4.78, 5) is 26.4. The van der Waals surface area contributed by atoms with E-state index in [-0.39, 0.29) is 29.6 Å². The van der Waals surface area contributed by atoms with Crippen molar-refractivity contribution in [2.24, 2.45) is 17.8 Å². The fraction of sp³-hybridized carbons (Fsp3) is 0.375. The first-order valence-electron chi connectivity index (χ1n) is 6.82. The number of imide groups is 1. The standard InChI is InChI=1S/C16H17NO3/c1-10-4-3-5-13-14(10)16(19)17(15(13)18)11-6-8-12(20-2)9-7-11/h3-4,6-10,13-14H,5H2,1-2H3/t10-,13+,14-/m0/s1. The molecular weight excluding hydrogens is 254 g/mol. The molecular formula is C16H17NO3. The summed E-state index contributed by atoms with van der Waals surface area (Å²) < 4.78 is 5.10. The van der Waals surface area contributed by atoms with Gasteiger partial charge in [0.1, 0.15) is 5.75 Å². The van der Waals surface area contributed by atoms with Crippen LogP contribution in [0.25, 0.3) is 0 Å². The van der Waals surface area contributed by atoms with Crippen LogP contribution >= 0.6 is 0 Å². The van der Waals surface area contributed by atoms with Crippen molar-refractivity contribution >= 4 is 17.5 Å². The van der Waals surface area contributed by atoms with Crippen LogP contribution in [0.4, 0.5) is 5.69 Å². The number of nitrogens with zero attached hydrogens (tertiary/aromatic N) is 1. The molecule has 0 aromatic heterocycles. The third-order valence-electron chi connectivity index (χ3n) is 4.20. The molecule has 0 unspecified atom stereocenters. The van der Waals surface area contributed by atoms with Crippen molar-refractivity contribution < 1.29 is 14.3 Å². The molecule has 4 heteroatoms. The summed E-state index contributed by atoms with van der Waals surface area (Å²) in [7, 11) is 1.59.